The minimum Gasteiger partial charge on any atom is -0.463 e. The third-order valence-electron chi connectivity index (χ3n) is 1.99. The number of hydrazine groups is 1. The van der Waals surface area contributed by atoms with Crippen LogP contribution in [0.4, 0.5) is 11.9 Å². The van der Waals surface area contributed by atoms with Crippen LogP contribution in [0.25, 0.3) is 0 Å². The van der Waals surface area contributed by atoms with Gasteiger partial charge in [0.25, 0.3) is 0 Å². The van der Waals surface area contributed by atoms with E-state index in [1.165, 1.54) is 0 Å². The Morgan fingerprint density at radius 3 is 2.61 bits per heavy atom. The molecule has 0 saturated heterocycles. The predicted octanol–water partition coefficient (Wildman–Crippen LogP) is 0.394. The van der Waals surface area contributed by atoms with Crippen molar-refractivity contribution >= 4 is 11.9 Å². The van der Waals surface area contributed by atoms with Crippen LogP contribution < -0.4 is 21.3 Å². The number of nitrogens with two attached hydrogens (primary N) is 1. The van der Waals surface area contributed by atoms with Crippen molar-refractivity contribution in [1.82, 2.24) is 15.0 Å². The lowest BCUT2D eigenvalue weighted by Crippen LogP contribution is -2.15. The van der Waals surface area contributed by atoms with Crippen molar-refractivity contribution in [3.63, 3.8) is 0 Å². The molecule has 18 heavy (non-hydrogen) atoms. The van der Waals surface area contributed by atoms with Gasteiger partial charge in [0.1, 0.15) is 0 Å². The Labute approximate surface area is 106 Å². The molecule has 4 N–H and O–H groups in total. The molecule has 1 rings (SSSR count). The maximum atomic E-state index is 5.34. The van der Waals surface area contributed by atoms with Crippen LogP contribution in [-0.4, -0.2) is 41.8 Å². The Kier molecular flexibility index (Phi) is 6.74. The van der Waals surface area contributed by atoms with Crippen molar-refractivity contribution in [2.75, 3.05) is 37.6 Å². The Bertz CT molecular complexity index is 349. The molecule has 0 fully saturated rings. The first-order chi connectivity index (χ1) is 8.80. The van der Waals surface area contributed by atoms with Crippen molar-refractivity contribution in [3.05, 3.63) is 0 Å². The van der Waals surface area contributed by atoms with E-state index >= 15 is 0 Å². The first-order valence-electron chi connectivity index (χ1n) is 5.88. The molecule has 8 heteroatoms. The summed E-state index contributed by atoms with van der Waals surface area (Å²) in [6.45, 7) is 3.94. The van der Waals surface area contributed by atoms with E-state index in [4.69, 9.17) is 15.3 Å². The van der Waals surface area contributed by atoms with Crippen LogP contribution in [0.2, 0.25) is 0 Å². The van der Waals surface area contributed by atoms with Crippen LogP contribution in [0.1, 0.15) is 19.8 Å². The maximum absolute atomic E-state index is 5.34. The van der Waals surface area contributed by atoms with Gasteiger partial charge in [0.15, 0.2) is 0 Å². The van der Waals surface area contributed by atoms with Gasteiger partial charge in [-0.15, -0.1) is 0 Å². The number of nitrogens with zero attached hydrogens (tertiary/aromatic N) is 3. The average Bonchev–Trinajstić information content (AvgIpc) is 2.41. The number of ether oxygens (including phenoxy) is 2. The molecule has 1 heterocycles. The summed E-state index contributed by atoms with van der Waals surface area (Å²) in [5, 5.41) is 3.05. The van der Waals surface area contributed by atoms with Gasteiger partial charge in [0.05, 0.1) is 6.61 Å². The van der Waals surface area contributed by atoms with Crippen molar-refractivity contribution in [3.8, 4) is 6.01 Å². The Balaban J connectivity index is 2.58. The number of hydrogen-bond donors (Lipinski definition) is 3. The number of nitrogen functional groups attached to an aromatic ring is 1. The lowest BCUT2D eigenvalue weighted by molar-refractivity contribution is 0.197. The number of methoxy groups -OCH3 is 1. The highest BCUT2D eigenvalue weighted by atomic mass is 16.5. The summed E-state index contributed by atoms with van der Waals surface area (Å²) in [7, 11) is 1.66. The number of nitrogens with one attached hydrogen (secondary N) is 2. The van der Waals surface area contributed by atoms with Crippen LogP contribution in [0.5, 0.6) is 6.01 Å². The van der Waals surface area contributed by atoms with Gasteiger partial charge in [0, 0.05) is 20.3 Å². The molecule has 0 bridgehead atoms. The summed E-state index contributed by atoms with van der Waals surface area (Å²) in [6, 6.07) is 0.258. The zero-order valence-electron chi connectivity index (χ0n) is 10.8. The lowest BCUT2D eigenvalue weighted by Gasteiger charge is -2.08. The molecule has 0 spiro atoms. The quantitative estimate of drug-likeness (QED) is 0.331. The van der Waals surface area contributed by atoms with E-state index in [0.717, 1.165) is 12.8 Å². The zero-order chi connectivity index (χ0) is 13.2. The summed E-state index contributed by atoms with van der Waals surface area (Å²) in [6.07, 6.45) is 1.74. The average molecular weight is 256 g/mol. The molecule has 0 atom stereocenters. The minimum atomic E-state index is 0.258. The number of hydrogen-bond acceptors (Lipinski definition) is 8. The molecule has 1 aromatic heterocycles. The van der Waals surface area contributed by atoms with Gasteiger partial charge in [-0.3, -0.25) is 5.43 Å². The van der Waals surface area contributed by atoms with E-state index in [1.54, 1.807) is 7.11 Å². The largest absolute Gasteiger partial charge is 0.463 e. The van der Waals surface area contributed by atoms with Gasteiger partial charge in [-0.05, 0) is 12.8 Å². The van der Waals surface area contributed by atoms with Crippen molar-refractivity contribution in [2.24, 2.45) is 5.84 Å². The molecule has 8 nitrogen and oxygen atoms in total. The standard InChI is InChI=1S/C10H20N6O2/c1-3-6-18-10-14-8(12-5-4-7-17-2)13-9(15-10)16-11/h3-7,11H2,1-2H3,(H2,12,13,14,15,16). The summed E-state index contributed by atoms with van der Waals surface area (Å²) < 4.78 is 10.3. The highest BCUT2D eigenvalue weighted by Crippen LogP contribution is 2.10. The molecule has 0 aliphatic carbocycles. The molecule has 0 unspecified atom stereocenters. The molecule has 0 aromatic carbocycles. The molecule has 0 aliphatic rings. The normalized spacial score (nSPS) is 10.2. The van der Waals surface area contributed by atoms with E-state index in [-0.39, 0.29) is 12.0 Å². The van der Waals surface area contributed by atoms with Crippen LogP contribution in [0, 0.1) is 0 Å². The smallest absolute Gasteiger partial charge is 0.323 e. The second-order valence-corrected chi connectivity index (χ2v) is 3.53. The van der Waals surface area contributed by atoms with Gasteiger partial charge in [-0.1, -0.05) is 6.92 Å². The first-order valence-corrected chi connectivity index (χ1v) is 5.88. The number of aromatic nitrogens is 3. The van der Waals surface area contributed by atoms with E-state index in [2.05, 4.69) is 25.7 Å². The van der Waals surface area contributed by atoms with Gasteiger partial charge < -0.3 is 14.8 Å². The number of anilines is 2. The Morgan fingerprint density at radius 1 is 1.17 bits per heavy atom. The fraction of sp³-hybridized carbons (Fsp3) is 0.700. The molecular formula is C10H20N6O2. The fourth-order valence-corrected chi connectivity index (χ4v) is 1.17. The number of rotatable bonds is 9. The second-order valence-electron chi connectivity index (χ2n) is 3.53. The fourth-order valence-electron chi connectivity index (χ4n) is 1.17. The van der Waals surface area contributed by atoms with Gasteiger partial charge in [-0.25, -0.2) is 5.84 Å². The van der Waals surface area contributed by atoms with Gasteiger partial charge in [0.2, 0.25) is 11.9 Å². The SMILES string of the molecule is CCCOc1nc(NN)nc(NCCCOC)n1. The van der Waals surface area contributed by atoms with Crippen molar-refractivity contribution < 1.29 is 9.47 Å². The maximum Gasteiger partial charge on any atom is 0.323 e. The van der Waals surface area contributed by atoms with Crippen molar-refractivity contribution in [2.45, 2.75) is 19.8 Å². The molecule has 0 aliphatic heterocycles. The molecule has 102 valence electrons. The lowest BCUT2D eigenvalue weighted by atomic mass is 10.4. The third kappa shape index (κ3) is 5.11. The van der Waals surface area contributed by atoms with Crippen LogP contribution in [0.3, 0.4) is 0 Å². The molecular weight excluding hydrogens is 236 g/mol. The topological polar surface area (TPSA) is 107 Å². The molecule has 0 saturated carbocycles. The van der Waals surface area contributed by atoms with Crippen LogP contribution >= 0.6 is 0 Å². The van der Waals surface area contributed by atoms with E-state index in [9.17, 15) is 0 Å². The van der Waals surface area contributed by atoms with Gasteiger partial charge >= 0.3 is 6.01 Å². The van der Waals surface area contributed by atoms with Crippen LogP contribution in [-0.2, 0) is 4.74 Å². The minimum absolute atomic E-state index is 0.258. The van der Waals surface area contributed by atoms with E-state index in [0.29, 0.717) is 25.7 Å². The van der Waals surface area contributed by atoms with Crippen molar-refractivity contribution in [1.29, 1.82) is 0 Å². The highest BCUT2D eigenvalue weighted by molar-refractivity contribution is 5.34. The third-order valence-corrected chi connectivity index (χ3v) is 1.99. The summed E-state index contributed by atoms with van der Waals surface area (Å²) in [5.74, 6) is 5.99. The molecule has 0 radical (unpaired) electrons. The summed E-state index contributed by atoms with van der Waals surface area (Å²) in [4.78, 5) is 12.2. The van der Waals surface area contributed by atoms with Crippen LogP contribution in [0.15, 0.2) is 0 Å². The Morgan fingerprint density at radius 2 is 1.94 bits per heavy atom. The Hall–Kier alpha value is -1.67. The zero-order valence-corrected chi connectivity index (χ0v) is 10.8. The highest BCUT2D eigenvalue weighted by Gasteiger charge is 2.06. The van der Waals surface area contributed by atoms with Gasteiger partial charge in [-0.2, -0.15) is 15.0 Å². The monoisotopic (exact) mass is 256 g/mol. The summed E-state index contributed by atoms with van der Waals surface area (Å²) >= 11 is 0. The second kappa shape index (κ2) is 8.43. The van der Waals surface area contributed by atoms with E-state index in [1.807, 2.05) is 6.92 Å². The van der Waals surface area contributed by atoms with E-state index < -0.39 is 0 Å². The molecule has 1 aromatic rings. The predicted molar refractivity (Wildman–Crippen MR) is 68.4 cm³/mol. The first kappa shape index (κ1) is 14.4. The summed E-state index contributed by atoms with van der Waals surface area (Å²) in [5.41, 5.74) is 2.38. The molecule has 0 amide bonds.